The summed E-state index contributed by atoms with van der Waals surface area (Å²) in [5, 5.41) is 3.32. The number of rotatable bonds is 5. The Morgan fingerprint density at radius 3 is 2.70 bits per heavy atom. The SMILES string of the molecule is Fc1ccc(NCc2cc(Cl)ccc2OC(F)F)cn1. The number of halogens is 4. The number of alkyl halides is 2. The van der Waals surface area contributed by atoms with E-state index in [4.69, 9.17) is 11.6 Å². The Bertz CT molecular complexity index is 578. The minimum Gasteiger partial charge on any atom is -0.434 e. The van der Waals surface area contributed by atoms with E-state index in [1.54, 1.807) is 0 Å². The van der Waals surface area contributed by atoms with Crippen molar-refractivity contribution in [3.8, 4) is 5.75 Å². The lowest BCUT2D eigenvalue weighted by Gasteiger charge is -2.12. The largest absolute Gasteiger partial charge is 0.434 e. The molecule has 0 aliphatic rings. The van der Waals surface area contributed by atoms with E-state index in [0.717, 1.165) is 0 Å². The number of benzene rings is 1. The molecule has 0 unspecified atom stereocenters. The highest BCUT2D eigenvalue weighted by atomic mass is 35.5. The molecule has 2 aromatic rings. The first kappa shape index (κ1) is 14.5. The third kappa shape index (κ3) is 4.03. The highest BCUT2D eigenvalue weighted by molar-refractivity contribution is 6.30. The van der Waals surface area contributed by atoms with Crippen molar-refractivity contribution >= 4 is 17.3 Å². The molecule has 7 heteroatoms. The van der Waals surface area contributed by atoms with Crippen molar-refractivity contribution in [2.75, 3.05) is 5.32 Å². The van der Waals surface area contributed by atoms with Gasteiger partial charge < -0.3 is 10.1 Å². The number of ether oxygens (including phenoxy) is 1. The molecule has 3 nitrogen and oxygen atoms in total. The Morgan fingerprint density at radius 2 is 2.05 bits per heavy atom. The third-order valence-electron chi connectivity index (χ3n) is 2.45. The summed E-state index contributed by atoms with van der Waals surface area (Å²) in [5.74, 6) is -0.563. The van der Waals surface area contributed by atoms with Crippen LogP contribution in [0, 0.1) is 5.95 Å². The Morgan fingerprint density at radius 1 is 1.25 bits per heavy atom. The molecule has 0 bridgehead atoms. The molecule has 20 heavy (non-hydrogen) atoms. The number of pyridine rings is 1. The number of hydrogen-bond donors (Lipinski definition) is 1. The van der Waals surface area contributed by atoms with E-state index in [1.807, 2.05) is 0 Å². The molecule has 1 aromatic heterocycles. The van der Waals surface area contributed by atoms with Crippen LogP contribution in [0.4, 0.5) is 18.9 Å². The van der Waals surface area contributed by atoms with E-state index in [-0.39, 0.29) is 12.3 Å². The quantitative estimate of drug-likeness (QED) is 0.845. The molecule has 0 spiro atoms. The van der Waals surface area contributed by atoms with E-state index < -0.39 is 12.6 Å². The van der Waals surface area contributed by atoms with E-state index in [0.29, 0.717) is 16.3 Å². The smallest absolute Gasteiger partial charge is 0.387 e. The molecule has 1 heterocycles. The van der Waals surface area contributed by atoms with Gasteiger partial charge in [-0.3, -0.25) is 0 Å². The molecule has 0 fully saturated rings. The molecule has 0 atom stereocenters. The molecule has 0 amide bonds. The van der Waals surface area contributed by atoms with Crippen LogP contribution in [0.5, 0.6) is 5.75 Å². The predicted octanol–water partition coefficient (Wildman–Crippen LogP) is 4.09. The molecule has 0 saturated carbocycles. The Hall–Kier alpha value is -1.95. The van der Waals surface area contributed by atoms with Gasteiger partial charge in [-0.05, 0) is 30.3 Å². The van der Waals surface area contributed by atoms with E-state index in [9.17, 15) is 13.2 Å². The minimum atomic E-state index is -2.91. The van der Waals surface area contributed by atoms with Crippen molar-refractivity contribution in [3.63, 3.8) is 0 Å². The van der Waals surface area contributed by atoms with Gasteiger partial charge in [-0.15, -0.1) is 0 Å². The molecule has 106 valence electrons. The van der Waals surface area contributed by atoms with Crippen molar-refractivity contribution < 1.29 is 17.9 Å². The molecule has 0 saturated heterocycles. The van der Waals surface area contributed by atoms with Gasteiger partial charge in [-0.2, -0.15) is 13.2 Å². The van der Waals surface area contributed by atoms with Crippen molar-refractivity contribution in [2.45, 2.75) is 13.2 Å². The maximum absolute atomic E-state index is 12.7. The first-order chi connectivity index (χ1) is 9.54. The average Bonchev–Trinajstić information content (AvgIpc) is 2.40. The fourth-order valence-electron chi connectivity index (χ4n) is 1.57. The number of hydrogen-bond acceptors (Lipinski definition) is 3. The van der Waals surface area contributed by atoms with Crippen LogP contribution in [0.1, 0.15) is 5.56 Å². The van der Waals surface area contributed by atoms with Crippen LogP contribution < -0.4 is 10.1 Å². The number of nitrogens with zero attached hydrogens (tertiary/aromatic N) is 1. The summed E-state index contributed by atoms with van der Waals surface area (Å²) in [7, 11) is 0. The maximum Gasteiger partial charge on any atom is 0.387 e. The van der Waals surface area contributed by atoms with Gasteiger partial charge in [0, 0.05) is 17.1 Å². The van der Waals surface area contributed by atoms with Crippen LogP contribution in [-0.2, 0) is 6.54 Å². The van der Waals surface area contributed by atoms with Crippen LogP contribution in [0.15, 0.2) is 36.5 Å². The lowest BCUT2D eigenvalue weighted by molar-refractivity contribution is -0.0504. The summed E-state index contributed by atoms with van der Waals surface area (Å²) in [6.45, 7) is -2.72. The molecule has 1 aromatic carbocycles. The molecule has 0 radical (unpaired) electrons. The Labute approximate surface area is 118 Å². The van der Waals surface area contributed by atoms with Crippen LogP contribution >= 0.6 is 11.6 Å². The predicted molar refractivity (Wildman–Crippen MR) is 69.6 cm³/mol. The van der Waals surface area contributed by atoms with Crippen LogP contribution in [0.3, 0.4) is 0 Å². The zero-order valence-electron chi connectivity index (χ0n) is 10.1. The zero-order chi connectivity index (χ0) is 14.5. The summed E-state index contributed by atoms with van der Waals surface area (Å²) in [6, 6.07) is 7.03. The molecule has 2 rings (SSSR count). The minimum absolute atomic E-state index is 0.0342. The lowest BCUT2D eigenvalue weighted by atomic mass is 10.2. The van der Waals surface area contributed by atoms with Gasteiger partial charge in [0.2, 0.25) is 5.95 Å². The molecule has 0 aliphatic carbocycles. The molecular formula is C13H10ClF3N2O. The first-order valence-corrected chi connectivity index (χ1v) is 6.01. The van der Waals surface area contributed by atoms with Crippen molar-refractivity contribution in [2.24, 2.45) is 0 Å². The summed E-state index contributed by atoms with van der Waals surface area (Å²) in [5.41, 5.74) is 1.01. The van der Waals surface area contributed by atoms with Crippen LogP contribution in [-0.4, -0.2) is 11.6 Å². The Balaban J connectivity index is 2.11. The number of aromatic nitrogens is 1. The summed E-state index contributed by atoms with van der Waals surface area (Å²) >= 11 is 5.82. The van der Waals surface area contributed by atoms with Gasteiger partial charge >= 0.3 is 6.61 Å². The molecule has 1 N–H and O–H groups in total. The third-order valence-corrected chi connectivity index (χ3v) is 2.68. The first-order valence-electron chi connectivity index (χ1n) is 5.63. The van der Waals surface area contributed by atoms with Crippen LogP contribution in [0.2, 0.25) is 5.02 Å². The van der Waals surface area contributed by atoms with E-state index in [2.05, 4.69) is 15.0 Å². The Kier molecular flexibility index (Phi) is 4.68. The second kappa shape index (κ2) is 6.47. The molecular weight excluding hydrogens is 293 g/mol. The summed E-state index contributed by atoms with van der Waals surface area (Å²) in [4.78, 5) is 3.47. The fraction of sp³-hybridized carbons (Fsp3) is 0.154. The topological polar surface area (TPSA) is 34.1 Å². The second-order valence-electron chi connectivity index (χ2n) is 3.85. The highest BCUT2D eigenvalue weighted by Gasteiger charge is 2.10. The maximum atomic E-state index is 12.7. The summed E-state index contributed by atoms with van der Waals surface area (Å²) < 4.78 is 41.6. The lowest BCUT2D eigenvalue weighted by Crippen LogP contribution is -2.07. The van der Waals surface area contributed by atoms with E-state index >= 15 is 0 Å². The standard InChI is InChI=1S/C13H10ClF3N2O/c14-9-1-3-11(20-13(16)17)8(5-9)6-18-10-2-4-12(15)19-7-10/h1-5,7,13,18H,6H2. The van der Waals surface area contributed by atoms with Crippen molar-refractivity contribution in [3.05, 3.63) is 53.1 Å². The zero-order valence-corrected chi connectivity index (χ0v) is 10.9. The molecule has 0 aliphatic heterocycles. The number of nitrogens with one attached hydrogen (secondary N) is 1. The number of anilines is 1. The van der Waals surface area contributed by atoms with Gasteiger partial charge in [0.1, 0.15) is 5.75 Å². The monoisotopic (exact) mass is 302 g/mol. The van der Waals surface area contributed by atoms with E-state index in [1.165, 1.54) is 36.5 Å². The normalized spacial score (nSPS) is 10.7. The van der Waals surface area contributed by atoms with Gasteiger partial charge in [0.25, 0.3) is 0 Å². The van der Waals surface area contributed by atoms with Gasteiger partial charge in [-0.25, -0.2) is 4.98 Å². The average molecular weight is 303 g/mol. The summed E-state index contributed by atoms with van der Waals surface area (Å²) in [6.07, 6.45) is 1.30. The van der Waals surface area contributed by atoms with Gasteiger partial charge in [0.05, 0.1) is 11.9 Å². The van der Waals surface area contributed by atoms with Crippen molar-refractivity contribution in [1.29, 1.82) is 0 Å². The van der Waals surface area contributed by atoms with Crippen molar-refractivity contribution in [1.82, 2.24) is 4.98 Å². The second-order valence-corrected chi connectivity index (χ2v) is 4.29. The highest BCUT2D eigenvalue weighted by Crippen LogP contribution is 2.25. The fourth-order valence-corrected chi connectivity index (χ4v) is 1.77. The van der Waals surface area contributed by atoms with Gasteiger partial charge in [0.15, 0.2) is 0 Å². The van der Waals surface area contributed by atoms with Crippen LogP contribution in [0.25, 0.3) is 0 Å². The van der Waals surface area contributed by atoms with Gasteiger partial charge in [-0.1, -0.05) is 11.6 Å².